The van der Waals surface area contributed by atoms with Crippen LogP contribution in [-0.4, -0.2) is 0 Å². The van der Waals surface area contributed by atoms with Crippen LogP contribution in [0, 0.1) is 13.8 Å². The van der Waals surface area contributed by atoms with Crippen molar-refractivity contribution in [1.29, 1.82) is 0 Å². The van der Waals surface area contributed by atoms with Gasteiger partial charge in [0.2, 0.25) is 0 Å². The fraction of sp³-hybridized carbons (Fsp3) is 0.182. The van der Waals surface area contributed by atoms with Gasteiger partial charge < -0.3 is 10.1 Å². The quantitative estimate of drug-likeness (QED) is 0.458. The number of ether oxygens (including phenoxy) is 1. The van der Waals surface area contributed by atoms with Crippen molar-refractivity contribution < 1.29 is 4.74 Å². The van der Waals surface area contributed by atoms with Gasteiger partial charge in [-0.25, -0.2) is 0 Å². The van der Waals surface area contributed by atoms with E-state index < -0.39 is 0 Å². The van der Waals surface area contributed by atoms with Crippen molar-refractivity contribution in [1.82, 2.24) is 0 Å². The lowest BCUT2D eigenvalue weighted by Gasteiger charge is -2.12. The van der Waals surface area contributed by atoms with Crippen LogP contribution < -0.4 is 10.1 Å². The van der Waals surface area contributed by atoms with Gasteiger partial charge in [0.15, 0.2) is 0 Å². The highest BCUT2D eigenvalue weighted by molar-refractivity contribution is 9.10. The van der Waals surface area contributed by atoms with Crippen molar-refractivity contribution in [2.75, 3.05) is 5.32 Å². The van der Waals surface area contributed by atoms with Crippen LogP contribution in [0.25, 0.3) is 0 Å². The Bertz CT molecular complexity index is 910. The van der Waals surface area contributed by atoms with Gasteiger partial charge in [-0.05, 0) is 76.8 Å². The molecule has 0 heterocycles. The highest BCUT2D eigenvalue weighted by Gasteiger charge is 2.06. The zero-order valence-electron chi connectivity index (χ0n) is 14.9. The first-order chi connectivity index (χ1) is 12.5. The lowest BCUT2D eigenvalue weighted by atomic mass is 10.1. The maximum Gasteiger partial charge on any atom is 0.134 e. The summed E-state index contributed by atoms with van der Waals surface area (Å²) in [6.45, 7) is 5.45. The zero-order valence-corrected chi connectivity index (χ0v) is 17.2. The van der Waals surface area contributed by atoms with Crippen LogP contribution in [0.2, 0.25) is 5.02 Å². The van der Waals surface area contributed by atoms with Crippen molar-refractivity contribution in [3.8, 4) is 5.75 Å². The van der Waals surface area contributed by atoms with Crippen molar-refractivity contribution >= 4 is 33.2 Å². The molecule has 0 radical (unpaired) electrons. The number of nitrogens with one attached hydrogen (secondary N) is 1. The Morgan fingerprint density at radius 2 is 1.77 bits per heavy atom. The van der Waals surface area contributed by atoms with E-state index in [1.807, 2.05) is 30.3 Å². The molecule has 0 atom stereocenters. The summed E-state index contributed by atoms with van der Waals surface area (Å²) in [7, 11) is 0. The molecule has 3 aromatic carbocycles. The first-order valence-corrected chi connectivity index (χ1v) is 9.66. The van der Waals surface area contributed by atoms with Crippen LogP contribution in [0.1, 0.15) is 22.3 Å². The Labute approximate surface area is 168 Å². The summed E-state index contributed by atoms with van der Waals surface area (Å²) in [5.74, 6) is 0.805. The van der Waals surface area contributed by atoms with E-state index in [0.29, 0.717) is 6.61 Å². The van der Waals surface area contributed by atoms with Gasteiger partial charge in [0.25, 0.3) is 0 Å². The van der Waals surface area contributed by atoms with E-state index in [0.717, 1.165) is 33.0 Å². The molecule has 3 aromatic rings. The number of hydrogen-bond acceptors (Lipinski definition) is 2. The molecule has 0 aliphatic carbocycles. The third kappa shape index (κ3) is 4.80. The average molecular weight is 431 g/mol. The first-order valence-electron chi connectivity index (χ1n) is 8.48. The molecular weight excluding hydrogens is 410 g/mol. The standard InChI is InChI=1S/C22H21BrClNO/c1-15-7-9-19(11-16(15)2)25-13-17-8-10-22(20(23)12-17)26-14-18-5-3-4-6-21(18)24/h3-12,25H,13-14H2,1-2H3. The molecule has 0 bridgehead atoms. The van der Waals surface area contributed by atoms with Crippen LogP contribution in [0.3, 0.4) is 0 Å². The molecule has 0 saturated carbocycles. The second-order valence-corrected chi connectivity index (χ2v) is 7.56. The molecule has 134 valence electrons. The van der Waals surface area contributed by atoms with E-state index in [4.69, 9.17) is 16.3 Å². The molecule has 0 saturated heterocycles. The van der Waals surface area contributed by atoms with Gasteiger partial charge in [-0.2, -0.15) is 0 Å². The third-order valence-corrected chi connectivity index (χ3v) is 5.33. The summed E-state index contributed by atoms with van der Waals surface area (Å²) in [5, 5.41) is 4.18. The number of aryl methyl sites for hydroxylation is 2. The number of hydrogen-bond donors (Lipinski definition) is 1. The summed E-state index contributed by atoms with van der Waals surface area (Å²) in [4.78, 5) is 0. The van der Waals surface area contributed by atoms with Crippen LogP contribution >= 0.6 is 27.5 Å². The van der Waals surface area contributed by atoms with Crippen molar-refractivity contribution in [2.24, 2.45) is 0 Å². The molecule has 1 N–H and O–H groups in total. The second-order valence-electron chi connectivity index (χ2n) is 6.30. The molecule has 0 aromatic heterocycles. The van der Waals surface area contributed by atoms with Crippen LogP contribution in [0.4, 0.5) is 5.69 Å². The number of rotatable bonds is 6. The van der Waals surface area contributed by atoms with E-state index in [-0.39, 0.29) is 0 Å². The van der Waals surface area contributed by atoms with Gasteiger partial charge in [-0.3, -0.25) is 0 Å². The lowest BCUT2D eigenvalue weighted by Crippen LogP contribution is -2.01. The summed E-state index contributed by atoms with van der Waals surface area (Å²) in [6, 6.07) is 20.3. The number of benzene rings is 3. The molecule has 0 aliphatic rings. The van der Waals surface area contributed by atoms with Gasteiger partial charge in [-0.1, -0.05) is 41.9 Å². The van der Waals surface area contributed by atoms with Crippen molar-refractivity contribution in [2.45, 2.75) is 27.0 Å². The monoisotopic (exact) mass is 429 g/mol. The fourth-order valence-electron chi connectivity index (χ4n) is 2.60. The minimum atomic E-state index is 0.443. The predicted octanol–water partition coefficient (Wildman–Crippen LogP) is 6.91. The van der Waals surface area contributed by atoms with E-state index in [1.54, 1.807) is 0 Å². The Hall–Kier alpha value is -1.97. The SMILES string of the molecule is Cc1ccc(NCc2ccc(OCc3ccccc3Cl)c(Br)c2)cc1C. The van der Waals surface area contributed by atoms with Crippen LogP contribution in [0.15, 0.2) is 65.1 Å². The molecule has 0 amide bonds. The number of halogens is 2. The fourth-order valence-corrected chi connectivity index (χ4v) is 3.33. The van der Waals surface area contributed by atoms with E-state index in [9.17, 15) is 0 Å². The molecule has 0 fully saturated rings. The molecule has 4 heteroatoms. The predicted molar refractivity (Wildman–Crippen MR) is 113 cm³/mol. The smallest absolute Gasteiger partial charge is 0.134 e. The average Bonchev–Trinajstić information content (AvgIpc) is 2.63. The Balaban J connectivity index is 1.61. The number of anilines is 1. The molecule has 26 heavy (non-hydrogen) atoms. The van der Waals surface area contributed by atoms with E-state index in [1.165, 1.54) is 16.7 Å². The van der Waals surface area contributed by atoms with Gasteiger partial charge in [0.1, 0.15) is 12.4 Å². The van der Waals surface area contributed by atoms with Gasteiger partial charge in [-0.15, -0.1) is 0 Å². The minimum absolute atomic E-state index is 0.443. The van der Waals surface area contributed by atoms with Gasteiger partial charge >= 0.3 is 0 Å². The maximum absolute atomic E-state index is 6.18. The van der Waals surface area contributed by atoms with Gasteiger partial charge in [0.05, 0.1) is 4.47 Å². The normalized spacial score (nSPS) is 10.6. The minimum Gasteiger partial charge on any atom is -0.488 e. The topological polar surface area (TPSA) is 21.3 Å². The Morgan fingerprint density at radius 1 is 0.962 bits per heavy atom. The van der Waals surface area contributed by atoms with Crippen molar-refractivity contribution in [3.63, 3.8) is 0 Å². The van der Waals surface area contributed by atoms with E-state index >= 15 is 0 Å². The first kappa shape index (κ1) is 18.8. The molecule has 0 aliphatic heterocycles. The summed E-state index contributed by atoms with van der Waals surface area (Å²) in [6.07, 6.45) is 0. The molecule has 0 unspecified atom stereocenters. The summed E-state index contributed by atoms with van der Waals surface area (Å²) >= 11 is 9.78. The van der Waals surface area contributed by atoms with Gasteiger partial charge in [0, 0.05) is 22.8 Å². The van der Waals surface area contributed by atoms with Crippen LogP contribution in [0.5, 0.6) is 5.75 Å². The zero-order chi connectivity index (χ0) is 18.5. The molecule has 2 nitrogen and oxygen atoms in total. The lowest BCUT2D eigenvalue weighted by molar-refractivity contribution is 0.304. The molecule has 0 spiro atoms. The summed E-state index contributed by atoms with van der Waals surface area (Å²) < 4.78 is 6.83. The highest BCUT2D eigenvalue weighted by Crippen LogP contribution is 2.28. The maximum atomic E-state index is 6.18. The second kappa shape index (κ2) is 8.61. The summed E-state index contributed by atoms with van der Waals surface area (Å²) in [5.41, 5.74) is 5.88. The molecule has 3 rings (SSSR count). The van der Waals surface area contributed by atoms with E-state index in [2.05, 4.69) is 65.4 Å². The largest absolute Gasteiger partial charge is 0.488 e. The molecular formula is C22H21BrClNO. The Kier molecular flexibility index (Phi) is 6.23. The Morgan fingerprint density at radius 3 is 2.50 bits per heavy atom. The van der Waals surface area contributed by atoms with Crippen molar-refractivity contribution in [3.05, 3.63) is 92.4 Å². The third-order valence-electron chi connectivity index (χ3n) is 4.34. The van der Waals surface area contributed by atoms with Crippen LogP contribution in [-0.2, 0) is 13.2 Å². The highest BCUT2D eigenvalue weighted by atomic mass is 79.9.